The van der Waals surface area contributed by atoms with Gasteiger partial charge in [-0.2, -0.15) is 0 Å². The molecule has 32 heavy (non-hydrogen) atoms. The molecule has 0 spiro atoms. The number of benzene rings is 1. The smallest absolute Gasteiger partial charge is 0.243 e. The number of carbonyl (C=O) groups excluding carboxylic acids is 2. The van der Waals surface area contributed by atoms with Crippen LogP contribution in [-0.2, 0) is 16.0 Å². The molecule has 7 atom stereocenters. The Kier molecular flexibility index (Phi) is 5.88. The summed E-state index contributed by atoms with van der Waals surface area (Å²) >= 11 is 0. The first kappa shape index (κ1) is 21.7. The molecular weight excluding hydrogens is 402 g/mol. The molecule has 6 N–H and O–H groups in total. The number of rotatable bonds is 6. The van der Waals surface area contributed by atoms with Gasteiger partial charge in [-0.05, 0) is 62.0 Å². The lowest BCUT2D eigenvalue weighted by Gasteiger charge is -2.41. The fourth-order valence-electron chi connectivity index (χ4n) is 5.77. The molecule has 7 nitrogen and oxygen atoms in total. The number of fused-ring (bicyclic) bond motifs is 1. The number of hydrogen-bond donors (Lipinski definition) is 5. The highest BCUT2D eigenvalue weighted by Crippen LogP contribution is 2.38. The molecule has 174 valence electrons. The number of aryl methyl sites for hydroxylation is 1. The summed E-state index contributed by atoms with van der Waals surface area (Å²) in [7, 11) is 0. The van der Waals surface area contributed by atoms with Crippen LogP contribution in [0.2, 0.25) is 0 Å². The zero-order chi connectivity index (χ0) is 22.4. The lowest BCUT2D eigenvalue weighted by molar-refractivity contribution is -0.128. The number of piperidine rings is 1. The molecule has 5 unspecified atom stereocenters. The van der Waals surface area contributed by atoms with Gasteiger partial charge in [0.05, 0.1) is 5.92 Å². The maximum absolute atomic E-state index is 13.2. The van der Waals surface area contributed by atoms with Crippen LogP contribution in [0.4, 0.5) is 5.69 Å². The summed E-state index contributed by atoms with van der Waals surface area (Å²) in [5.74, 6) is 1.03. The van der Waals surface area contributed by atoms with E-state index in [2.05, 4.69) is 53.3 Å². The summed E-state index contributed by atoms with van der Waals surface area (Å²) in [6.07, 6.45) is 5.89. The van der Waals surface area contributed by atoms with Gasteiger partial charge in [0, 0.05) is 42.8 Å². The molecular formula is C25H37N5O2. The third-order valence-electron chi connectivity index (χ3n) is 8.14. The molecule has 2 amide bonds. The van der Waals surface area contributed by atoms with Crippen LogP contribution in [-0.4, -0.2) is 48.6 Å². The zero-order valence-corrected chi connectivity index (χ0v) is 19.2. The quantitative estimate of drug-likeness (QED) is 0.461. The van der Waals surface area contributed by atoms with Crippen molar-refractivity contribution in [3.8, 4) is 0 Å². The third-order valence-corrected chi connectivity index (χ3v) is 8.14. The molecule has 0 radical (unpaired) electrons. The van der Waals surface area contributed by atoms with E-state index < -0.39 is 0 Å². The van der Waals surface area contributed by atoms with Crippen LogP contribution in [0.15, 0.2) is 18.2 Å². The molecule has 7 heteroatoms. The number of para-hydroxylation sites is 1. The minimum atomic E-state index is -0.212. The van der Waals surface area contributed by atoms with Gasteiger partial charge in [0.1, 0.15) is 6.04 Å². The first-order valence-electron chi connectivity index (χ1n) is 12.4. The molecule has 0 aromatic heterocycles. The summed E-state index contributed by atoms with van der Waals surface area (Å²) in [5.41, 5.74) is 9.51. The second-order valence-electron chi connectivity index (χ2n) is 10.6. The Hall–Kier alpha value is -2.12. The highest BCUT2D eigenvalue weighted by molar-refractivity contribution is 5.88. The number of nitrogens with two attached hydrogens (primary N) is 1. The first-order chi connectivity index (χ1) is 15.4. The molecule has 2 aliphatic carbocycles. The van der Waals surface area contributed by atoms with Crippen LogP contribution >= 0.6 is 0 Å². The Morgan fingerprint density at radius 1 is 1.16 bits per heavy atom. The molecule has 3 fully saturated rings. The number of hydrogen-bond acceptors (Lipinski definition) is 5. The van der Waals surface area contributed by atoms with Crippen molar-refractivity contribution in [1.82, 2.24) is 16.0 Å². The minimum absolute atomic E-state index is 0.0291. The average Bonchev–Trinajstić information content (AvgIpc) is 3.52. The normalized spacial score (nSPS) is 34.6. The highest BCUT2D eigenvalue weighted by Gasteiger charge is 2.44. The van der Waals surface area contributed by atoms with Gasteiger partial charge in [-0.1, -0.05) is 25.1 Å². The van der Waals surface area contributed by atoms with E-state index in [-0.39, 0.29) is 47.9 Å². The van der Waals surface area contributed by atoms with Gasteiger partial charge < -0.3 is 27.0 Å². The minimum Gasteiger partial charge on any atom is -0.373 e. The van der Waals surface area contributed by atoms with Gasteiger partial charge >= 0.3 is 0 Å². The van der Waals surface area contributed by atoms with Crippen molar-refractivity contribution < 1.29 is 9.59 Å². The SMILES string of the molecule is Cc1cccc2c1NC(C(=O)NC(C1CC1)C1NCC(C(=O)N[C@H]3CC[C@H]3N)CC1C)C2. The Morgan fingerprint density at radius 2 is 1.97 bits per heavy atom. The van der Waals surface area contributed by atoms with Crippen molar-refractivity contribution in [2.45, 2.75) is 82.6 Å². The van der Waals surface area contributed by atoms with E-state index in [4.69, 9.17) is 5.73 Å². The second-order valence-corrected chi connectivity index (χ2v) is 10.6. The van der Waals surface area contributed by atoms with Crippen LogP contribution in [0.5, 0.6) is 0 Å². The van der Waals surface area contributed by atoms with Crippen molar-refractivity contribution in [2.24, 2.45) is 23.5 Å². The standard InChI is InChI=1S/C25H37N5O2/c1-13-4-3-5-16-11-20(28-21(13)16)25(32)30-23(15-6-7-15)22-14(2)10-17(12-27-22)24(31)29-19-9-8-18(19)26/h3-5,14-15,17-20,22-23,27-28H,6-12,26H2,1-2H3,(H,29,31)(H,30,32)/t14?,17?,18-,19+,20?,22?,23?/m1/s1. The second kappa shape index (κ2) is 8.67. The van der Waals surface area contributed by atoms with Crippen LogP contribution in [0.3, 0.4) is 0 Å². The van der Waals surface area contributed by atoms with Crippen molar-refractivity contribution in [3.05, 3.63) is 29.3 Å². The predicted molar refractivity (Wildman–Crippen MR) is 125 cm³/mol. The molecule has 5 rings (SSSR count). The van der Waals surface area contributed by atoms with E-state index in [1.807, 2.05) is 0 Å². The highest BCUT2D eigenvalue weighted by atomic mass is 16.2. The van der Waals surface area contributed by atoms with E-state index >= 15 is 0 Å². The van der Waals surface area contributed by atoms with Gasteiger partial charge in [0.25, 0.3) is 0 Å². The summed E-state index contributed by atoms with van der Waals surface area (Å²) < 4.78 is 0. The zero-order valence-electron chi connectivity index (χ0n) is 19.2. The molecule has 4 aliphatic rings. The van der Waals surface area contributed by atoms with Crippen LogP contribution < -0.4 is 27.0 Å². The largest absolute Gasteiger partial charge is 0.373 e. The van der Waals surface area contributed by atoms with E-state index in [9.17, 15) is 9.59 Å². The van der Waals surface area contributed by atoms with Crippen molar-refractivity contribution in [1.29, 1.82) is 0 Å². The lowest BCUT2D eigenvalue weighted by atomic mass is 9.80. The van der Waals surface area contributed by atoms with E-state index in [1.165, 1.54) is 11.1 Å². The Labute approximate surface area is 190 Å². The van der Waals surface area contributed by atoms with Crippen LogP contribution in [0.25, 0.3) is 0 Å². The summed E-state index contributed by atoms with van der Waals surface area (Å²) in [6.45, 7) is 4.95. The van der Waals surface area contributed by atoms with Gasteiger partial charge in [-0.3, -0.25) is 9.59 Å². The van der Waals surface area contributed by atoms with Crippen LogP contribution in [0, 0.1) is 24.7 Å². The lowest BCUT2D eigenvalue weighted by Crippen LogP contribution is -2.62. The van der Waals surface area contributed by atoms with Gasteiger partial charge in [0.15, 0.2) is 0 Å². The Bertz CT molecular complexity index is 885. The molecule has 2 aliphatic heterocycles. The number of anilines is 1. The fraction of sp³-hybridized carbons (Fsp3) is 0.680. The van der Waals surface area contributed by atoms with Crippen molar-refractivity contribution in [2.75, 3.05) is 11.9 Å². The third kappa shape index (κ3) is 4.25. The average molecular weight is 440 g/mol. The van der Waals surface area contributed by atoms with Gasteiger partial charge in [-0.25, -0.2) is 0 Å². The van der Waals surface area contributed by atoms with Crippen molar-refractivity contribution in [3.63, 3.8) is 0 Å². The maximum atomic E-state index is 13.2. The Morgan fingerprint density at radius 3 is 2.59 bits per heavy atom. The summed E-state index contributed by atoms with van der Waals surface area (Å²) in [6, 6.07) is 6.60. The Balaban J connectivity index is 1.18. The molecule has 2 heterocycles. The molecule has 1 aromatic carbocycles. The first-order valence-corrected chi connectivity index (χ1v) is 12.4. The number of carbonyl (C=O) groups is 2. The van der Waals surface area contributed by atoms with Crippen LogP contribution in [0.1, 0.15) is 50.2 Å². The van der Waals surface area contributed by atoms with E-state index in [0.29, 0.717) is 18.4 Å². The predicted octanol–water partition coefficient (Wildman–Crippen LogP) is 1.45. The van der Waals surface area contributed by atoms with E-state index in [0.717, 1.165) is 44.2 Å². The van der Waals surface area contributed by atoms with Crippen molar-refractivity contribution >= 4 is 17.5 Å². The van der Waals surface area contributed by atoms with Gasteiger partial charge in [-0.15, -0.1) is 0 Å². The molecule has 2 saturated carbocycles. The molecule has 1 saturated heterocycles. The molecule has 1 aromatic rings. The molecule has 0 bridgehead atoms. The van der Waals surface area contributed by atoms with E-state index in [1.54, 1.807) is 0 Å². The number of nitrogens with one attached hydrogen (secondary N) is 4. The number of amides is 2. The monoisotopic (exact) mass is 439 g/mol. The maximum Gasteiger partial charge on any atom is 0.243 e. The fourth-order valence-corrected chi connectivity index (χ4v) is 5.77. The summed E-state index contributed by atoms with van der Waals surface area (Å²) in [5, 5.41) is 13.6. The topological polar surface area (TPSA) is 108 Å². The van der Waals surface area contributed by atoms with Gasteiger partial charge in [0.2, 0.25) is 11.8 Å². The summed E-state index contributed by atoms with van der Waals surface area (Å²) in [4.78, 5) is 25.9.